The van der Waals surface area contributed by atoms with Gasteiger partial charge in [-0.15, -0.1) is 0 Å². The van der Waals surface area contributed by atoms with Gasteiger partial charge in [-0.05, 0) is 30.7 Å². The number of hydrogen-bond acceptors (Lipinski definition) is 4. The third-order valence-corrected chi connectivity index (χ3v) is 1.79. The molecule has 0 saturated carbocycles. The average Bonchev–Trinajstić information content (AvgIpc) is 2.28. The minimum atomic E-state index is -0.390. The van der Waals surface area contributed by atoms with Crippen LogP contribution in [0.15, 0.2) is 24.4 Å². The third-order valence-electron chi connectivity index (χ3n) is 1.79. The molecule has 1 heterocycles. The van der Waals surface area contributed by atoms with Crippen molar-refractivity contribution in [1.29, 1.82) is 0 Å². The monoisotopic (exact) mass is 234 g/mol. The van der Waals surface area contributed by atoms with E-state index >= 15 is 0 Å². The maximum atomic E-state index is 11.0. The third kappa shape index (κ3) is 4.92. The lowest BCUT2D eigenvalue weighted by Gasteiger charge is -2.00. The number of aromatic nitrogens is 1. The van der Waals surface area contributed by atoms with Gasteiger partial charge in [0.2, 0.25) is 5.91 Å². The van der Waals surface area contributed by atoms with Gasteiger partial charge in [0.1, 0.15) is 5.82 Å². The van der Waals surface area contributed by atoms with Crippen LogP contribution in [0.4, 0.5) is 5.82 Å². The summed E-state index contributed by atoms with van der Waals surface area (Å²) in [5, 5.41) is 2.55. The van der Waals surface area contributed by atoms with Crippen LogP contribution in [0.2, 0.25) is 0 Å². The van der Waals surface area contributed by atoms with Crippen LogP contribution < -0.4 is 5.32 Å². The normalized spacial score (nSPS) is 10.2. The Balaban J connectivity index is 2.62. The van der Waals surface area contributed by atoms with Gasteiger partial charge >= 0.3 is 5.97 Å². The Morgan fingerprint density at radius 1 is 1.47 bits per heavy atom. The van der Waals surface area contributed by atoms with Crippen molar-refractivity contribution in [2.45, 2.75) is 13.8 Å². The lowest BCUT2D eigenvalue weighted by molar-refractivity contribution is -0.137. The number of pyridine rings is 1. The minimum Gasteiger partial charge on any atom is -0.463 e. The molecule has 0 fully saturated rings. The predicted molar refractivity (Wildman–Crippen MR) is 64.2 cm³/mol. The number of ether oxygens (including phenoxy) is 1. The average molecular weight is 234 g/mol. The van der Waals surface area contributed by atoms with Crippen LogP contribution in [-0.2, 0) is 14.3 Å². The fourth-order valence-corrected chi connectivity index (χ4v) is 1.11. The molecule has 0 aliphatic rings. The molecule has 0 bridgehead atoms. The van der Waals surface area contributed by atoms with Gasteiger partial charge in [-0.1, -0.05) is 0 Å². The number of rotatable bonds is 4. The molecule has 0 unspecified atom stereocenters. The highest BCUT2D eigenvalue weighted by molar-refractivity contribution is 5.88. The lowest BCUT2D eigenvalue weighted by atomic mass is 10.2. The van der Waals surface area contributed by atoms with Crippen molar-refractivity contribution in [3.63, 3.8) is 0 Å². The summed E-state index contributed by atoms with van der Waals surface area (Å²) >= 11 is 0. The first-order valence-electron chi connectivity index (χ1n) is 5.20. The lowest BCUT2D eigenvalue weighted by Crippen LogP contribution is -2.06. The zero-order valence-corrected chi connectivity index (χ0v) is 9.77. The van der Waals surface area contributed by atoms with Crippen LogP contribution in [0.1, 0.15) is 19.4 Å². The largest absolute Gasteiger partial charge is 0.463 e. The smallest absolute Gasteiger partial charge is 0.330 e. The van der Waals surface area contributed by atoms with Gasteiger partial charge in [0.05, 0.1) is 6.61 Å². The van der Waals surface area contributed by atoms with Crippen LogP contribution >= 0.6 is 0 Å². The molecule has 0 saturated heterocycles. The highest BCUT2D eigenvalue weighted by Crippen LogP contribution is 2.06. The van der Waals surface area contributed by atoms with E-state index in [-0.39, 0.29) is 5.91 Å². The van der Waals surface area contributed by atoms with Crippen LogP contribution in [0.3, 0.4) is 0 Å². The number of esters is 1. The Morgan fingerprint density at radius 3 is 2.76 bits per heavy atom. The summed E-state index contributed by atoms with van der Waals surface area (Å²) in [5.74, 6) is -0.0865. The summed E-state index contributed by atoms with van der Waals surface area (Å²) in [6.45, 7) is 3.51. The molecule has 1 N–H and O–H groups in total. The molecule has 17 heavy (non-hydrogen) atoms. The fraction of sp³-hybridized carbons (Fsp3) is 0.250. The summed E-state index contributed by atoms with van der Waals surface area (Å²) in [5.41, 5.74) is 0.757. The number of nitrogens with one attached hydrogen (secondary N) is 1. The van der Waals surface area contributed by atoms with E-state index < -0.39 is 5.97 Å². The minimum absolute atomic E-state index is 0.174. The molecule has 0 aliphatic carbocycles. The van der Waals surface area contributed by atoms with Gasteiger partial charge in [0.15, 0.2) is 0 Å². The Kier molecular flexibility index (Phi) is 4.87. The molecule has 1 rings (SSSR count). The Labute approximate surface area is 99.5 Å². The van der Waals surface area contributed by atoms with Crippen LogP contribution in [-0.4, -0.2) is 23.5 Å². The number of amides is 1. The van der Waals surface area contributed by atoms with Gasteiger partial charge < -0.3 is 10.1 Å². The quantitative estimate of drug-likeness (QED) is 0.635. The molecule has 1 amide bonds. The molecular formula is C12H14N2O3. The number of nitrogens with zero attached hydrogens (tertiary/aromatic N) is 1. The van der Waals surface area contributed by atoms with E-state index in [1.807, 2.05) is 0 Å². The van der Waals surface area contributed by atoms with E-state index in [0.29, 0.717) is 12.4 Å². The van der Waals surface area contributed by atoms with Crippen LogP contribution in [0.25, 0.3) is 6.08 Å². The molecule has 0 spiro atoms. The van der Waals surface area contributed by atoms with E-state index in [1.165, 1.54) is 13.0 Å². The summed E-state index contributed by atoms with van der Waals surface area (Å²) in [4.78, 5) is 25.8. The molecule has 0 radical (unpaired) electrons. The molecule has 5 nitrogen and oxygen atoms in total. The van der Waals surface area contributed by atoms with Gasteiger partial charge in [-0.3, -0.25) is 4.79 Å². The SMILES string of the molecule is CCOC(=O)/C=C/c1ccc(NC(C)=O)nc1. The van der Waals surface area contributed by atoms with E-state index in [1.54, 1.807) is 31.3 Å². The summed E-state index contributed by atoms with van der Waals surface area (Å²) < 4.78 is 4.74. The molecular weight excluding hydrogens is 220 g/mol. The molecule has 0 aromatic carbocycles. The second-order valence-electron chi connectivity index (χ2n) is 3.24. The van der Waals surface area contributed by atoms with Crippen molar-refractivity contribution < 1.29 is 14.3 Å². The first-order chi connectivity index (χ1) is 8.11. The van der Waals surface area contributed by atoms with Gasteiger partial charge in [-0.25, -0.2) is 9.78 Å². The highest BCUT2D eigenvalue weighted by Gasteiger charge is 1.97. The second kappa shape index (κ2) is 6.42. The molecule has 90 valence electrons. The zero-order chi connectivity index (χ0) is 12.7. The molecule has 5 heteroatoms. The maximum absolute atomic E-state index is 11.0. The van der Waals surface area contributed by atoms with Crippen molar-refractivity contribution in [1.82, 2.24) is 4.98 Å². The highest BCUT2D eigenvalue weighted by atomic mass is 16.5. The Morgan fingerprint density at radius 2 is 2.24 bits per heavy atom. The first-order valence-corrected chi connectivity index (χ1v) is 5.20. The molecule has 1 aromatic heterocycles. The van der Waals surface area contributed by atoms with E-state index in [9.17, 15) is 9.59 Å². The van der Waals surface area contributed by atoms with Gasteiger partial charge in [-0.2, -0.15) is 0 Å². The number of hydrogen-bond donors (Lipinski definition) is 1. The van der Waals surface area contributed by atoms with Crippen molar-refractivity contribution in [3.8, 4) is 0 Å². The van der Waals surface area contributed by atoms with E-state index in [4.69, 9.17) is 4.74 Å². The van der Waals surface area contributed by atoms with E-state index in [2.05, 4.69) is 10.3 Å². The summed E-state index contributed by atoms with van der Waals surface area (Å²) in [6, 6.07) is 3.40. The molecule has 0 aliphatic heterocycles. The van der Waals surface area contributed by atoms with Gasteiger partial charge in [0, 0.05) is 19.2 Å². The van der Waals surface area contributed by atoms with Crippen molar-refractivity contribution in [2.75, 3.05) is 11.9 Å². The Bertz CT molecular complexity index is 424. The van der Waals surface area contributed by atoms with Crippen LogP contribution in [0, 0.1) is 0 Å². The van der Waals surface area contributed by atoms with Crippen molar-refractivity contribution in [3.05, 3.63) is 30.0 Å². The number of carbonyl (C=O) groups is 2. The maximum Gasteiger partial charge on any atom is 0.330 e. The zero-order valence-electron chi connectivity index (χ0n) is 9.77. The molecule has 0 atom stereocenters. The fourth-order valence-electron chi connectivity index (χ4n) is 1.11. The van der Waals surface area contributed by atoms with Crippen LogP contribution in [0.5, 0.6) is 0 Å². The Hall–Kier alpha value is -2.17. The first kappa shape index (κ1) is 12.9. The number of anilines is 1. The summed E-state index contributed by atoms with van der Waals surface area (Å²) in [6.07, 6.45) is 4.49. The van der Waals surface area contributed by atoms with E-state index in [0.717, 1.165) is 5.56 Å². The standard InChI is InChI=1S/C12H14N2O3/c1-3-17-12(16)7-5-10-4-6-11(13-8-10)14-9(2)15/h4-8H,3H2,1-2H3,(H,13,14,15)/b7-5+. The van der Waals surface area contributed by atoms with Gasteiger partial charge in [0.25, 0.3) is 0 Å². The second-order valence-corrected chi connectivity index (χ2v) is 3.24. The molecule has 1 aromatic rings. The predicted octanol–water partition coefficient (Wildman–Crippen LogP) is 1.62. The van der Waals surface area contributed by atoms with Crippen molar-refractivity contribution >= 4 is 23.8 Å². The summed E-state index contributed by atoms with van der Waals surface area (Å²) in [7, 11) is 0. The van der Waals surface area contributed by atoms with Crippen molar-refractivity contribution in [2.24, 2.45) is 0 Å². The topological polar surface area (TPSA) is 68.3 Å². The number of carbonyl (C=O) groups excluding carboxylic acids is 2.